The van der Waals surface area contributed by atoms with Crippen molar-refractivity contribution in [3.8, 4) is 11.1 Å². The Balaban J connectivity index is 1.46. The molecule has 61 heavy (non-hydrogen) atoms. The monoisotopic (exact) mass is 906 g/mol. The predicted molar refractivity (Wildman–Crippen MR) is 234 cm³/mol. The second kappa shape index (κ2) is 21.9. The summed E-state index contributed by atoms with van der Waals surface area (Å²) in [5.74, 6) is -2.50. The van der Waals surface area contributed by atoms with Gasteiger partial charge >= 0.3 is 6.18 Å². The molecule has 0 spiro atoms. The molecule has 11 nitrogen and oxygen atoms in total. The fraction of sp³-hybridized carbons (Fsp3) is 0.523. The molecule has 2 amide bonds. The van der Waals surface area contributed by atoms with Gasteiger partial charge in [0.15, 0.2) is 9.84 Å². The van der Waals surface area contributed by atoms with Crippen molar-refractivity contribution in [3.63, 3.8) is 0 Å². The largest absolute Gasteiger partial charge is 0.416 e. The van der Waals surface area contributed by atoms with E-state index in [4.69, 9.17) is 14.9 Å². The molecule has 17 heteroatoms. The Morgan fingerprint density at radius 2 is 1.38 bits per heavy atom. The van der Waals surface area contributed by atoms with Gasteiger partial charge in [0, 0.05) is 25.2 Å². The van der Waals surface area contributed by atoms with Gasteiger partial charge < -0.3 is 15.0 Å². The van der Waals surface area contributed by atoms with Crippen LogP contribution in [-0.4, -0.2) is 77.1 Å². The summed E-state index contributed by atoms with van der Waals surface area (Å²) in [6.45, 7) is 3.71. The Hall–Kier alpha value is -3.90. The third-order valence-corrected chi connectivity index (χ3v) is 15.5. The second-order valence-corrected chi connectivity index (χ2v) is 20.7. The quantitative estimate of drug-likeness (QED) is 0.0698. The van der Waals surface area contributed by atoms with Crippen molar-refractivity contribution in [2.75, 3.05) is 38.6 Å². The molecule has 1 aliphatic rings. The third kappa shape index (κ3) is 13.3. The fourth-order valence-corrected chi connectivity index (χ4v) is 11.6. The van der Waals surface area contributed by atoms with Gasteiger partial charge in [0.1, 0.15) is 5.01 Å². The molecule has 1 saturated heterocycles. The van der Waals surface area contributed by atoms with Gasteiger partial charge in [0.25, 0.3) is 5.91 Å². The van der Waals surface area contributed by atoms with Crippen LogP contribution in [-0.2, 0) is 46.1 Å². The first-order valence-electron chi connectivity index (χ1n) is 21.1. The summed E-state index contributed by atoms with van der Waals surface area (Å²) < 4.78 is 97.4. The number of nitrogens with two attached hydrogens (primary N) is 1. The average Bonchev–Trinajstić information content (AvgIpc) is 3.65. The molecule has 1 atom stereocenters. The van der Waals surface area contributed by atoms with Gasteiger partial charge in [-0.15, -0.1) is 11.3 Å². The fourth-order valence-electron chi connectivity index (χ4n) is 7.58. The highest BCUT2D eigenvalue weighted by Gasteiger charge is 2.54. The van der Waals surface area contributed by atoms with Crippen LogP contribution >= 0.6 is 11.3 Å². The Morgan fingerprint density at radius 1 is 0.803 bits per heavy atom. The van der Waals surface area contributed by atoms with Gasteiger partial charge in [-0.2, -0.15) is 13.2 Å². The first-order valence-corrected chi connectivity index (χ1v) is 25.3. The van der Waals surface area contributed by atoms with E-state index in [1.807, 2.05) is 18.2 Å². The van der Waals surface area contributed by atoms with E-state index in [0.717, 1.165) is 78.8 Å². The van der Waals surface area contributed by atoms with Crippen molar-refractivity contribution in [2.24, 2.45) is 5.14 Å². The third-order valence-electron chi connectivity index (χ3n) is 11.1. The topological polar surface area (TPSA) is 166 Å². The highest BCUT2D eigenvalue weighted by atomic mass is 32.2. The van der Waals surface area contributed by atoms with Crippen molar-refractivity contribution in [2.45, 2.75) is 107 Å². The number of fused-ring (bicyclic) bond motifs is 1. The molecule has 1 aliphatic heterocycles. The Kier molecular flexibility index (Phi) is 17.3. The molecule has 1 fully saturated rings. The summed E-state index contributed by atoms with van der Waals surface area (Å²) in [7, 11) is -8.65. The van der Waals surface area contributed by atoms with Crippen LogP contribution in [0.1, 0.15) is 117 Å². The molecule has 0 saturated carbocycles. The highest BCUT2D eigenvalue weighted by Crippen LogP contribution is 2.43. The van der Waals surface area contributed by atoms with Gasteiger partial charge in [-0.05, 0) is 59.5 Å². The molecule has 5 rings (SSSR count). The number of unbranched alkanes of at least 4 members (excludes halogenated alkanes) is 11. The number of nitrogens with zero attached hydrogens (tertiary/aromatic N) is 2. The van der Waals surface area contributed by atoms with Crippen LogP contribution in [0.3, 0.4) is 0 Å². The summed E-state index contributed by atoms with van der Waals surface area (Å²) in [5.41, 5.74) is 1.59. The van der Waals surface area contributed by atoms with Crippen molar-refractivity contribution in [1.29, 1.82) is 0 Å². The maximum Gasteiger partial charge on any atom is 0.416 e. The van der Waals surface area contributed by atoms with Crippen LogP contribution in [0, 0.1) is 0 Å². The number of sulfone groups is 1. The van der Waals surface area contributed by atoms with Crippen molar-refractivity contribution >= 4 is 53.2 Å². The molecule has 0 radical (unpaired) electrons. The summed E-state index contributed by atoms with van der Waals surface area (Å²) in [6.07, 6.45) is 7.25. The van der Waals surface area contributed by atoms with Gasteiger partial charge in [-0.3, -0.25) is 9.59 Å². The maximum atomic E-state index is 14.9. The SMILES string of the molecule is CCCCCCCCCCCCCCC(C(=O)NCCS(N)(=O)=O)(c1nc2ccc(-c3ccc(C(=O)N4CCOCC4)cc3)cc2s1)S(=O)(=O)Cc1ccc(C(F)(F)F)cc1. The van der Waals surface area contributed by atoms with Crippen LogP contribution in [0.25, 0.3) is 21.3 Å². The van der Waals surface area contributed by atoms with E-state index in [0.29, 0.717) is 54.9 Å². The molecule has 334 valence electrons. The zero-order valence-electron chi connectivity index (χ0n) is 34.7. The lowest BCUT2D eigenvalue weighted by Crippen LogP contribution is -2.51. The zero-order chi connectivity index (χ0) is 44.1. The Morgan fingerprint density at radius 3 is 1.95 bits per heavy atom. The average molecular weight is 907 g/mol. The number of sulfonamides is 1. The van der Waals surface area contributed by atoms with Crippen molar-refractivity contribution in [1.82, 2.24) is 15.2 Å². The van der Waals surface area contributed by atoms with Crippen molar-refractivity contribution in [3.05, 3.63) is 88.4 Å². The molecule has 4 aromatic rings. The first-order chi connectivity index (χ1) is 29.0. The number of hydrogen-bond donors (Lipinski definition) is 2. The lowest BCUT2D eigenvalue weighted by Gasteiger charge is -2.30. The van der Waals surface area contributed by atoms with E-state index < -0.39 is 60.3 Å². The minimum atomic E-state index is -4.64. The molecule has 1 aromatic heterocycles. The second-order valence-electron chi connectivity index (χ2n) is 15.7. The zero-order valence-corrected chi connectivity index (χ0v) is 37.1. The predicted octanol–water partition coefficient (Wildman–Crippen LogP) is 8.76. The number of hydrogen-bond acceptors (Lipinski definition) is 9. The number of morpholine rings is 1. The first kappa shape index (κ1) is 48.1. The molecule has 3 aromatic carbocycles. The number of halogens is 3. The van der Waals surface area contributed by atoms with E-state index in [9.17, 15) is 39.6 Å². The lowest BCUT2D eigenvalue weighted by molar-refractivity contribution is -0.137. The van der Waals surface area contributed by atoms with E-state index in [2.05, 4.69) is 12.2 Å². The molecule has 3 N–H and O–H groups in total. The summed E-state index contributed by atoms with van der Waals surface area (Å²) >= 11 is 1.02. The number of amides is 2. The van der Waals surface area contributed by atoms with Gasteiger partial charge in [-0.1, -0.05) is 114 Å². The highest BCUT2D eigenvalue weighted by molar-refractivity contribution is 7.92. The molecule has 0 aliphatic carbocycles. The number of carbonyl (C=O) groups is 2. The number of alkyl halides is 3. The van der Waals surface area contributed by atoms with E-state index in [1.54, 1.807) is 29.2 Å². The van der Waals surface area contributed by atoms with Crippen LogP contribution < -0.4 is 10.5 Å². The summed E-state index contributed by atoms with van der Waals surface area (Å²) in [4.78, 5) is 34.1. The summed E-state index contributed by atoms with van der Waals surface area (Å²) in [6, 6.07) is 16.2. The summed E-state index contributed by atoms with van der Waals surface area (Å²) in [5, 5.41) is 7.70. The number of benzene rings is 3. The maximum absolute atomic E-state index is 14.9. The molecular formula is C44H57F3N4O7S3. The van der Waals surface area contributed by atoms with E-state index in [1.165, 1.54) is 32.1 Å². The van der Waals surface area contributed by atoms with Crippen LogP contribution in [0.4, 0.5) is 13.2 Å². The number of rotatable bonds is 23. The van der Waals surface area contributed by atoms with Gasteiger partial charge in [0.2, 0.25) is 20.7 Å². The van der Waals surface area contributed by atoms with E-state index >= 15 is 0 Å². The minimum Gasteiger partial charge on any atom is -0.378 e. The molecule has 1 unspecified atom stereocenters. The van der Waals surface area contributed by atoms with Gasteiger partial charge in [0.05, 0.1) is 40.5 Å². The number of carbonyl (C=O) groups excluding carboxylic acids is 2. The smallest absolute Gasteiger partial charge is 0.378 e. The van der Waals surface area contributed by atoms with Crippen molar-refractivity contribution < 1.29 is 44.3 Å². The Labute approximate surface area is 361 Å². The minimum absolute atomic E-state index is 0.0332. The van der Waals surface area contributed by atoms with Gasteiger partial charge in [-0.25, -0.2) is 27.0 Å². The number of aromatic nitrogens is 1. The van der Waals surface area contributed by atoms with Crippen LogP contribution in [0.15, 0.2) is 66.7 Å². The van der Waals surface area contributed by atoms with E-state index in [-0.39, 0.29) is 22.9 Å². The lowest BCUT2D eigenvalue weighted by atomic mass is 9.98. The Bertz CT molecular complexity index is 2280. The van der Waals surface area contributed by atoms with Crippen LogP contribution in [0.5, 0.6) is 0 Å². The number of primary sulfonamides is 1. The molecule has 2 heterocycles. The number of thiazole rings is 1. The standard InChI is InChI=1S/C44H57F3N4O7S3/c1-2-3-4-5-6-7-8-9-10-11-12-13-24-43(41(53)49-25-30-61(48,56)57,60(54,55)32-33-14-21-37(22-15-33)44(45,46)47)42-50-38-23-20-36(31-39(38)59-42)34-16-18-35(19-17-34)40(52)51-26-28-58-29-27-51/h14-23,31H,2-13,24-30,32H2,1H3,(H,49,53)(H2,48,56,57). The number of ether oxygens (including phenoxy) is 1. The molecule has 0 bridgehead atoms. The number of nitrogens with one attached hydrogen (secondary N) is 1. The van der Waals surface area contributed by atoms with Crippen LogP contribution in [0.2, 0.25) is 0 Å². The molecular weight excluding hydrogens is 850 g/mol. The normalized spacial score (nSPS) is 14.9.